The first-order valence-corrected chi connectivity index (χ1v) is 7.74. The molecule has 6 nitrogen and oxygen atoms in total. The second-order valence-corrected chi connectivity index (χ2v) is 6.14. The second kappa shape index (κ2) is 5.92. The van der Waals surface area contributed by atoms with Crippen molar-refractivity contribution in [3.63, 3.8) is 0 Å². The molecule has 6 heteroatoms. The Morgan fingerprint density at radius 1 is 1.39 bits per heavy atom. The first kappa shape index (κ1) is 15.3. The van der Waals surface area contributed by atoms with Gasteiger partial charge in [-0.2, -0.15) is 5.26 Å². The van der Waals surface area contributed by atoms with E-state index in [0.29, 0.717) is 19.4 Å². The Hall–Kier alpha value is -2.55. The lowest BCUT2D eigenvalue weighted by Crippen LogP contribution is -2.54. The van der Waals surface area contributed by atoms with Crippen LogP contribution < -0.4 is 15.0 Å². The van der Waals surface area contributed by atoms with E-state index in [0.717, 1.165) is 17.9 Å². The van der Waals surface area contributed by atoms with Crippen molar-refractivity contribution in [1.29, 1.82) is 5.26 Å². The van der Waals surface area contributed by atoms with Crippen molar-refractivity contribution in [3.8, 4) is 11.8 Å². The zero-order valence-corrected chi connectivity index (χ0v) is 13.0. The van der Waals surface area contributed by atoms with E-state index in [1.165, 1.54) is 0 Å². The molecule has 0 aromatic heterocycles. The summed E-state index contributed by atoms with van der Waals surface area (Å²) in [6.45, 7) is 0.346. The van der Waals surface area contributed by atoms with Gasteiger partial charge < -0.3 is 15.0 Å². The molecule has 1 unspecified atom stereocenters. The third-order valence-corrected chi connectivity index (χ3v) is 4.66. The Morgan fingerprint density at radius 3 is 2.61 bits per heavy atom. The van der Waals surface area contributed by atoms with Gasteiger partial charge in [-0.1, -0.05) is 0 Å². The molecule has 0 radical (unpaired) electrons. The molecular weight excluding hydrogens is 294 g/mol. The molecule has 2 aliphatic rings. The maximum atomic E-state index is 12.4. The molecule has 1 aliphatic heterocycles. The first-order chi connectivity index (χ1) is 11.1. The maximum Gasteiger partial charge on any atom is 0.227 e. The molecule has 1 aliphatic carbocycles. The van der Waals surface area contributed by atoms with Gasteiger partial charge in [0, 0.05) is 18.7 Å². The number of carbonyl (C=O) groups excluding carboxylic acids is 2. The zero-order chi connectivity index (χ0) is 16.4. The Balaban J connectivity index is 1.67. The number of nitrogens with one attached hydrogen (secondary N) is 1. The molecule has 3 rings (SSSR count). The van der Waals surface area contributed by atoms with Crippen LogP contribution in [-0.2, 0) is 9.59 Å². The normalized spacial score (nSPS) is 22.2. The van der Waals surface area contributed by atoms with E-state index in [2.05, 4.69) is 11.4 Å². The molecule has 2 amide bonds. The first-order valence-electron chi connectivity index (χ1n) is 7.74. The average molecular weight is 313 g/mol. The SMILES string of the molecule is COc1ccc(N2CC(C(=O)NC3(C#N)CCC3)CC2=O)cc1. The Bertz CT molecular complexity index is 659. The van der Waals surface area contributed by atoms with Crippen molar-refractivity contribution in [3.05, 3.63) is 24.3 Å². The smallest absolute Gasteiger partial charge is 0.227 e. The van der Waals surface area contributed by atoms with Gasteiger partial charge in [-0.3, -0.25) is 9.59 Å². The zero-order valence-electron chi connectivity index (χ0n) is 13.0. The molecule has 1 heterocycles. The third kappa shape index (κ3) is 2.87. The van der Waals surface area contributed by atoms with Crippen molar-refractivity contribution in [2.75, 3.05) is 18.6 Å². The molecule has 1 N–H and O–H groups in total. The van der Waals surface area contributed by atoms with Gasteiger partial charge in [0.05, 0.1) is 19.1 Å². The molecule has 0 spiro atoms. The molecule has 0 bridgehead atoms. The van der Waals surface area contributed by atoms with Crippen molar-refractivity contribution in [2.24, 2.45) is 5.92 Å². The summed E-state index contributed by atoms with van der Waals surface area (Å²) >= 11 is 0. The van der Waals surface area contributed by atoms with Crippen LogP contribution in [0.3, 0.4) is 0 Å². The van der Waals surface area contributed by atoms with Crippen LogP contribution in [0.2, 0.25) is 0 Å². The van der Waals surface area contributed by atoms with E-state index >= 15 is 0 Å². The summed E-state index contributed by atoms with van der Waals surface area (Å²) in [7, 11) is 1.59. The highest BCUT2D eigenvalue weighted by Gasteiger charge is 2.42. The van der Waals surface area contributed by atoms with Crippen molar-refractivity contribution in [2.45, 2.75) is 31.2 Å². The lowest BCUT2D eigenvalue weighted by Gasteiger charge is -2.36. The fraction of sp³-hybridized carbons (Fsp3) is 0.471. The third-order valence-electron chi connectivity index (χ3n) is 4.66. The summed E-state index contributed by atoms with van der Waals surface area (Å²) < 4.78 is 5.11. The minimum atomic E-state index is -0.715. The van der Waals surface area contributed by atoms with Crippen LogP contribution >= 0.6 is 0 Å². The summed E-state index contributed by atoms with van der Waals surface area (Å²) in [5, 5.41) is 12.0. The number of hydrogen-bond donors (Lipinski definition) is 1. The molecule has 120 valence electrons. The van der Waals surface area contributed by atoms with Gasteiger partial charge in [-0.05, 0) is 43.5 Å². The van der Waals surface area contributed by atoms with Crippen LogP contribution in [0.25, 0.3) is 0 Å². The van der Waals surface area contributed by atoms with E-state index < -0.39 is 11.5 Å². The number of nitrogens with zero attached hydrogens (tertiary/aromatic N) is 2. The van der Waals surface area contributed by atoms with Crippen LogP contribution in [-0.4, -0.2) is 31.0 Å². The number of nitriles is 1. The monoisotopic (exact) mass is 313 g/mol. The highest BCUT2D eigenvalue weighted by molar-refractivity contribution is 6.00. The molecule has 1 saturated heterocycles. The second-order valence-electron chi connectivity index (χ2n) is 6.14. The number of hydrogen-bond acceptors (Lipinski definition) is 4. The number of carbonyl (C=O) groups is 2. The Morgan fingerprint density at radius 2 is 2.09 bits per heavy atom. The largest absolute Gasteiger partial charge is 0.497 e. The van der Waals surface area contributed by atoms with Crippen molar-refractivity contribution < 1.29 is 14.3 Å². The van der Waals surface area contributed by atoms with Crippen molar-refractivity contribution >= 4 is 17.5 Å². The highest BCUT2D eigenvalue weighted by atomic mass is 16.5. The van der Waals surface area contributed by atoms with Crippen LogP contribution in [0.15, 0.2) is 24.3 Å². The molecular formula is C17H19N3O3. The summed E-state index contributed by atoms with van der Waals surface area (Å²) in [5.74, 6) is 0.0385. The van der Waals surface area contributed by atoms with E-state index in [1.807, 2.05) is 0 Å². The van der Waals surface area contributed by atoms with Crippen LogP contribution in [0.5, 0.6) is 5.75 Å². The standard InChI is InChI=1S/C17H19N3O3/c1-23-14-5-3-13(4-6-14)20-10-12(9-15(20)21)16(22)19-17(11-18)7-2-8-17/h3-6,12H,2,7-10H2,1H3,(H,19,22). The van der Waals surface area contributed by atoms with Crippen LogP contribution in [0, 0.1) is 17.2 Å². The molecule has 1 aromatic rings. The van der Waals surface area contributed by atoms with Crippen molar-refractivity contribution in [1.82, 2.24) is 5.32 Å². The highest BCUT2D eigenvalue weighted by Crippen LogP contribution is 2.32. The maximum absolute atomic E-state index is 12.4. The lowest BCUT2D eigenvalue weighted by molar-refractivity contribution is -0.128. The van der Waals surface area contributed by atoms with Crippen LogP contribution in [0.1, 0.15) is 25.7 Å². The average Bonchev–Trinajstić information content (AvgIpc) is 2.93. The molecule has 1 saturated carbocycles. The quantitative estimate of drug-likeness (QED) is 0.915. The minimum Gasteiger partial charge on any atom is -0.497 e. The Kier molecular flexibility index (Phi) is 3.95. The van der Waals surface area contributed by atoms with E-state index in [1.54, 1.807) is 36.3 Å². The fourth-order valence-electron chi connectivity index (χ4n) is 3.03. The number of rotatable bonds is 4. The predicted octanol–water partition coefficient (Wildman–Crippen LogP) is 1.61. The van der Waals surface area contributed by atoms with Gasteiger partial charge in [0.1, 0.15) is 11.3 Å². The molecule has 2 fully saturated rings. The number of methoxy groups -OCH3 is 1. The van der Waals surface area contributed by atoms with E-state index in [9.17, 15) is 14.9 Å². The number of anilines is 1. The predicted molar refractivity (Wildman–Crippen MR) is 83.8 cm³/mol. The summed E-state index contributed by atoms with van der Waals surface area (Å²) in [6.07, 6.45) is 2.52. The molecule has 23 heavy (non-hydrogen) atoms. The number of ether oxygens (including phenoxy) is 1. The van der Waals surface area contributed by atoms with Crippen LogP contribution in [0.4, 0.5) is 5.69 Å². The molecule has 1 aromatic carbocycles. The van der Waals surface area contributed by atoms with Gasteiger partial charge in [0.2, 0.25) is 11.8 Å². The summed E-state index contributed by atoms with van der Waals surface area (Å²) in [6, 6.07) is 9.38. The Labute approximate surface area is 135 Å². The summed E-state index contributed by atoms with van der Waals surface area (Å²) in [4.78, 5) is 26.2. The van der Waals surface area contributed by atoms with Gasteiger partial charge in [-0.15, -0.1) is 0 Å². The fourth-order valence-corrected chi connectivity index (χ4v) is 3.03. The number of benzene rings is 1. The summed E-state index contributed by atoms with van der Waals surface area (Å²) in [5.41, 5.74) is 0.0398. The number of amides is 2. The van der Waals surface area contributed by atoms with E-state index in [-0.39, 0.29) is 18.2 Å². The van der Waals surface area contributed by atoms with Gasteiger partial charge in [-0.25, -0.2) is 0 Å². The lowest BCUT2D eigenvalue weighted by atomic mass is 9.77. The van der Waals surface area contributed by atoms with Gasteiger partial charge >= 0.3 is 0 Å². The minimum absolute atomic E-state index is 0.0741. The van der Waals surface area contributed by atoms with Gasteiger partial charge in [0.25, 0.3) is 0 Å². The van der Waals surface area contributed by atoms with Gasteiger partial charge in [0.15, 0.2) is 0 Å². The van der Waals surface area contributed by atoms with E-state index in [4.69, 9.17) is 4.74 Å². The molecule has 1 atom stereocenters. The topological polar surface area (TPSA) is 82.4 Å².